The van der Waals surface area contributed by atoms with Crippen LogP contribution in [-0.4, -0.2) is 17.5 Å². The summed E-state index contributed by atoms with van der Waals surface area (Å²) in [6.45, 7) is 2.24. The zero-order valence-corrected chi connectivity index (χ0v) is 13.1. The summed E-state index contributed by atoms with van der Waals surface area (Å²) in [5, 5.41) is 0. The van der Waals surface area contributed by atoms with E-state index in [1.807, 2.05) is 0 Å². The monoisotopic (exact) mass is 270 g/mol. The third kappa shape index (κ3) is 3.41. The second-order valence-electron chi connectivity index (χ2n) is 6.51. The van der Waals surface area contributed by atoms with Crippen molar-refractivity contribution in [2.45, 2.75) is 95.3 Å². The van der Waals surface area contributed by atoms with E-state index in [0.29, 0.717) is 11.3 Å². The summed E-state index contributed by atoms with van der Waals surface area (Å²) in [5.74, 6) is 0. The highest BCUT2D eigenvalue weighted by Crippen LogP contribution is 2.63. The Hall–Kier alpha value is 0.230. The van der Waals surface area contributed by atoms with Crippen LogP contribution in [0.3, 0.4) is 0 Å². The largest absolute Gasteiger partial charge is 0.323 e. The molecule has 0 spiro atoms. The summed E-state index contributed by atoms with van der Waals surface area (Å²) < 4.78 is 13.7. The molecular weight excluding hydrogens is 239 g/mol. The van der Waals surface area contributed by atoms with Crippen LogP contribution in [0.4, 0.5) is 0 Å². The van der Waals surface area contributed by atoms with Crippen LogP contribution in [0.2, 0.25) is 0 Å². The van der Waals surface area contributed by atoms with E-state index in [9.17, 15) is 4.57 Å². The lowest BCUT2D eigenvalue weighted by atomic mass is 9.99. The van der Waals surface area contributed by atoms with Gasteiger partial charge in [0, 0.05) is 17.5 Å². The molecule has 0 aromatic heterocycles. The highest BCUT2D eigenvalue weighted by Gasteiger charge is 2.40. The van der Waals surface area contributed by atoms with Gasteiger partial charge in [-0.3, -0.25) is 0 Å². The van der Waals surface area contributed by atoms with E-state index in [1.165, 1.54) is 77.0 Å². The van der Waals surface area contributed by atoms with Gasteiger partial charge in [-0.15, -0.1) is 0 Å². The van der Waals surface area contributed by atoms with E-state index in [0.717, 1.165) is 6.16 Å². The van der Waals surface area contributed by atoms with Crippen molar-refractivity contribution >= 4 is 7.14 Å². The van der Waals surface area contributed by atoms with Crippen LogP contribution >= 0.6 is 7.14 Å². The Labute approximate surface area is 113 Å². The second kappa shape index (κ2) is 7.13. The van der Waals surface area contributed by atoms with Crippen molar-refractivity contribution in [2.75, 3.05) is 6.16 Å². The predicted molar refractivity (Wildman–Crippen MR) is 81.1 cm³/mol. The summed E-state index contributed by atoms with van der Waals surface area (Å²) in [4.78, 5) is 0. The molecule has 0 N–H and O–H groups in total. The fraction of sp³-hybridized carbons (Fsp3) is 1.00. The van der Waals surface area contributed by atoms with Gasteiger partial charge in [-0.05, 0) is 32.1 Å². The van der Waals surface area contributed by atoms with Gasteiger partial charge in [0.25, 0.3) is 0 Å². The lowest BCUT2D eigenvalue weighted by Gasteiger charge is -2.38. The van der Waals surface area contributed by atoms with Crippen LogP contribution in [0, 0.1) is 0 Å². The SMILES string of the molecule is CCCCP(=O)(C1CCCCC1)C1CCCCC1. The van der Waals surface area contributed by atoms with E-state index >= 15 is 0 Å². The quantitative estimate of drug-likeness (QED) is 0.576. The van der Waals surface area contributed by atoms with Gasteiger partial charge in [0.05, 0.1) is 7.14 Å². The average Bonchev–Trinajstić information content (AvgIpc) is 2.46. The second-order valence-corrected chi connectivity index (χ2v) is 10.1. The molecule has 1 nitrogen and oxygen atoms in total. The third-order valence-corrected chi connectivity index (χ3v) is 9.77. The number of unbranched alkanes of at least 4 members (excludes halogenated alkanes) is 1. The molecule has 2 heteroatoms. The molecule has 2 aliphatic rings. The van der Waals surface area contributed by atoms with E-state index in [2.05, 4.69) is 6.92 Å². The fourth-order valence-electron chi connectivity index (χ4n) is 4.10. The molecule has 18 heavy (non-hydrogen) atoms. The molecule has 2 aliphatic carbocycles. The topological polar surface area (TPSA) is 17.1 Å². The van der Waals surface area contributed by atoms with Crippen molar-refractivity contribution in [3.63, 3.8) is 0 Å². The van der Waals surface area contributed by atoms with E-state index < -0.39 is 7.14 Å². The maximum absolute atomic E-state index is 13.7. The van der Waals surface area contributed by atoms with Gasteiger partial charge in [-0.25, -0.2) is 0 Å². The van der Waals surface area contributed by atoms with Crippen molar-refractivity contribution in [2.24, 2.45) is 0 Å². The van der Waals surface area contributed by atoms with Crippen LogP contribution in [0.5, 0.6) is 0 Å². The van der Waals surface area contributed by atoms with Crippen molar-refractivity contribution in [1.29, 1.82) is 0 Å². The van der Waals surface area contributed by atoms with E-state index in [1.54, 1.807) is 0 Å². The minimum absolute atomic E-state index is 0.612. The molecule has 2 saturated carbocycles. The molecule has 0 unspecified atom stereocenters. The molecule has 0 atom stereocenters. The van der Waals surface area contributed by atoms with Gasteiger partial charge in [0.1, 0.15) is 0 Å². The summed E-state index contributed by atoms with van der Waals surface area (Å²) in [7, 11) is -1.89. The molecule has 0 saturated heterocycles. The first-order valence-corrected chi connectivity index (χ1v) is 10.4. The smallest absolute Gasteiger partial charge is 0.0935 e. The molecule has 0 amide bonds. The maximum Gasteiger partial charge on any atom is 0.0935 e. The third-order valence-electron chi connectivity index (χ3n) is 5.25. The van der Waals surface area contributed by atoms with Crippen LogP contribution < -0.4 is 0 Å². The molecule has 106 valence electrons. The maximum atomic E-state index is 13.7. The Morgan fingerprint density at radius 2 is 1.28 bits per heavy atom. The normalized spacial score (nSPS) is 24.3. The molecule has 0 aromatic carbocycles. The van der Waals surface area contributed by atoms with Crippen molar-refractivity contribution in [1.82, 2.24) is 0 Å². The fourth-order valence-corrected chi connectivity index (χ4v) is 8.72. The molecular formula is C16H31OP. The molecule has 0 bridgehead atoms. The van der Waals surface area contributed by atoms with Crippen molar-refractivity contribution in [3.8, 4) is 0 Å². The van der Waals surface area contributed by atoms with Crippen LogP contribution in [0.15, 0.2) is 0 Å². The number of hydrogen-bond donors (Lipinski definition) is 0. The molecule has 0 heterocycles. The standard InChI is InChI=1S/C16H31OP/c1-2-3-14-18(17,15-10-6-4-7-11-15)16-12-8-5-9-13-16/h15-16H,2-14H2,1H3. The average molecular weight is 270 g/mol. The summed E-state index contributed by atoms with van der Waals surface area (Å²) in [6.07, 6.45) is 16.7. The molecule has 0 aromatic rings. The molecule has 2 rings (SSSR count). The number of hydrogen-bond acceptors (Lipinski definition) is 1. The van der Waals surface area contributed by atoms with Crippen LogP contribution in [0.1, 0.15) is 84.0 Å². The van der Waals surface area contributed by atoms with E-state index in [-0.39, 0.29) is 0 Å². The first-order chi connectivity index (χ1) is 8.77. The minimum atomic E-state index is -1.89. The Balaban J connectivity index is 2.07. The predicted octanol–water partition coefficient (Wildman–Crippen LogP) is 5.82. The Bertz CT molecular complexity index is 253. The minimum Gasteiger partial charge on any atom is -0.323 e. The molecule has 2 fully saturated rings. The first-order valence-electron chi connectivity index (χ1n) is 8.36. The zero-order valence-electron chi connectivity index (χ0n) is 12.2. The number of rotatable bonds is 5. The lowest BCUT2D eigenvalue weighted by Crippen LogP contribution is -2.25. The van der Waals surface area contributed by atoms with Crippen molar-refractivity contribution < 1.29 is 4.57 Å². The van der Waals surface area contributed by atoms with Crippen LogP contribution in [-0.2, 0) is 4.57 Å². The van der Waals surface area contributed by atoms with Gasteiger partial charge < -0.3 is 4.57 Å². The van der Waals surface area contributed by atoms with Gasteiger partial charge in [0.2, 0.25) is 0 Å². The summed E-state index contributed by atoms with van der Waals surface area (Å²) in [5.41, 5.74) is 1.22. The zero-order chi connectivity index (χ0) is 12.8. The Kier molecular flexibility index (Phi) is 5.80. The highest BCUT2D eigenvalue weighted by atomic mass is 31.2. The molecule has 0 radical (unpaired) electrons. The van der Waals surface area contributed by atoms with Gasteiger partial charge in [0.15, 0.2) is 0 Å². The van der Waals surface area contributed by atoms with Gasteiger partial charge in [-0.2, -0.15) is 0 Å². The van der Waals surface area contributed by atoms with E-state index in [4.69, 9.17) is 0 Å². The summed E-state index contributed by atoms with van der Waals surface area (Å²) >= 11 is 0. The highest BCUT2D eigenvalue weighted by molar-refractivity contribution is 7.65. The van der Waals surface area contributed by atoms with Gasteiger partial charge >= 0.3 is 0 Å². The Morgan fingerprint density at radius 3 is 1.67 bits per heavy atom. The van der Waals surface area contributed by atoms with Crippen LogP contribution in [0.25, 0.3) is 0 Å². The Morgan fingerprint density at radius 1 is 0.833 bits per heavy atom. The lowest BCUT2D eigenvalue weighted by molar-refractivity contribution is 0.446. The molecule has 0 aliphatic heterocycles. The summed E-state index contributed by atoms with van der Waals surface area (Å²) in [6, 6.07) is 0. The van der Waals surface area contributed by atoms with Crippen molar-refractivity contribution in [3.05, 3.63) is 0 Å². The first kappa shape index (κ1) is 14.6. The van der Waals surface area contributed by atoms with Gasteiger partial charge in [-0.1, -0.05) is 51.9 Å².